The number of hydrogen-bond donors (Lipinski definition) is 1. The second-order valence-electron chi connectivity index (χ2n) is 4.09. The Labute approximate surface area is 114 Å². The molecule has 0 saturated carbocycles. The average Bonchev–Trinajstić information content (AvgIpc) is 2.92. The molecule has 1 heterocycles. The largest absolute Gasteiger partial charge is 0.421 e. The van der Waals surface area contributed by atoms with Crippen molar-refractivity contribution < 1.29 is 9.13 Å². The van der Waals surface area contributed by atoms with E-state index in [-0.39, 0.29) is 11.8 Å². The van der Waals surface area contributed by atoms with E-state index in [4.69, 9.17) is 10.5 Å². The molecule has 0 aliphatic heterocycles. The number of ether oxygens (including phenoxy) is 1. The smallest absolute Gasteiger partial charge is 0.341 e. The molecule has 0 amide bonds. The van der Waals surface area contributed by atoms with Crippen molar-refractivity contribution in [3.8, 4) is 17.4 Å². The molecule has 20 heavy (non-hydrogen) atoms. The van der Waals surface area contributed by atoms with Gasteiger partial charge in [0.2, 0.25) is 0 Å². The van der Waals surface area contributed by atoms with Crippen LogP contribution in [0, 0.1) is 5.82 Å². The van der Waals surface area contributed by atoms with Crippen molar-refractivity contribution in [2.24, 2.45) is 0 Å². The lowest BCUT2D eigenvalue weighted by Gasteiger charge is -2.04. The normalized spacial score (nSPS) is 10.4. The van der Waals surface area contributed by atoms with Crippen LogP contribution in [-0.4, -0.2) is 14.8 Å². The Bertz CT molecular complexity index is 727. The number of anilines is 1. The van der Waals surface area contributed by atoms with Gasteiger partial charge >= 0.3 is 6.01 Å². The Hall–Kier alpha value is -2.89. The van der Waals surface area contributed by atoms with E-state index in [0.717, 1.165) is 5.69 Å². The number of rotatable bonds is 3. The highest BCUT2D eigenvalue weighted by molar-refractivity contribution is 5.53. The third kappa shape index (κ3) is 2.44. The molecule has 1 aromatic heterocycles. The summed E-state index contributed by atoms with van der Waals surface area (Å²) >= 11 is 0. The minimum atomic E-state index is -0.434. The molecule has 6 heteroatoms. The fourth-order valence-corrected chi connectivity index (χ4v) is 1.69. The summed E-state index contributed by atoms with van der Waals surface area (Å²) in [5, 5.41) is 4.15. The molecular weight excluding hydrogens is 259 g/mol. The maximum atomic E-state index is 13.1. The summed E-state index contributed by atoms with van der Waals surface area (Å²) in [6.45, 7) is 0. The van der Waals surface area contributed by atoms with Gasteiger partial charge in [-0.15, -0.1) is 5.10 Å². The third-order valence-electron chi connectivity index (χ3n) is 2.67. The summed E-state index contributed by atoms with van der Waals surface area (Å²) in [5.41, 5.74) is 6.87. The Morgan fingerprint density at radius 1 is 1.10 bits per heavy atom. The molecule has 3 aromatic rings. The van der Waals surface area contributed by atoms with Crippen LogP contribution in [0.25, 0.3) is 5.69 Å². The Morgan fingerprint density at radius 2 is 1.90 bits per heavy atom. The number of benzene rings is 2. The van der Waals surface area contributed by atoms with Gasteiger partial charge in [-0.1, -0.05) is 18.2 Å². The maximum absolute atomic E-state index is 13.1. The molecule has 100 valence electrons. The zero-order valence-electron chi connectivity index (χ0n) is 10.4. The molecule has 0 spiro atoms. The fraction of sp³-hybridized carbons (Fsp3) is 0. The van der Waals surface area contributed by atoms with Crippen LogP contribution in [0.5, 0.6) is 11.8 Å². The highest BCUT2D eigenvalue weighted by Gasteiger charge is 2.08. The predicted octanol–water partition coefficient (Wildman–Crippen LogP) is 2.78. The van der Waals surface area contributed by atoms with E-state index in [1.54, 1.807) is 4.68 Å². The minimum Gasteiger partial charge on any atom is -0.421 e. The third-order valence-corrected chi connectivity index (χ3v) is 2.67. The zero-order valence-corrected chi connectivity index (χ0v) is 10.4. The van der Waals surface area contributed by atoms with E-state index in [1.165, 1.54) is 24.5 Å². The summed E-state index contributed by atoms with van der Waals surface area (Å²) in [7, 11) is 0. The lowest BCUT2D eigenvalue weighted by molar-refractivity contribution is 0.439. The number of nitrogens with two attached hydrogens (primary N) is 1. The van der Waals surface area contributed by atoms with Crippen molar-refractivity contribution in [3.63, 3.8) is 0 Å². The van der Waals surface area contributed by atoms with Crippen LogP contribution in [-0.2, 0) is 0 Å². The molecule has 0 bridgehead atoms. The molecule has 0 aliphatic carbocycles. The monoisotopic (exact) mass is 270 g/mol. The van der Waals surface area contributed by atoms with Crippen molar-refractivity contribution in [3.05, 3.63) is 60.7 Å². The first-order valence-electron chi connectivity index (χ1n) is 5.92. The van der Waals surface area contributed by atoms with Crippen LogP contribution in [0.2, 0.25) is 0 Å². The van der Waals surface area contributed by atoms with Gasteiger partial charge in [0.1, 0.15) is 12.1 Å². The summed E-state index contributed by atoms with van der Waals surface area (Å²) in [5.74, 6) is -0.243. The molecule has 0 radical (unpaired) electrons. The molecular formula is C14H11FN4O. The summed E-state index contributed by atoms with van der Waals surface area (Å²) < 4.78 is 20.1. The molecule has 0 unspecified atom stereocenters. The van der Waals surface area contributed by atoms with E-state index in [9.17, 15) is 4.39 Å². The van der Waals surface area contributed by atoms with Gasteiger partial charge in [-0.25, -0.2) is 9.07 Å². The van der Waals surface area contributed by atoms with Crippen LogP contribution in [0.15, 0.2) is 54.9 Å². The molecule has 5 nitrogen and oxygen atoms in total. The van der Waals surface area contributed by atoms with Crippen molar-refractivity contribution in [2.75, 3.05) is 5.73 Å². The second-order valence-corrected chi connectivity index (χ2v) is 4.09. The Balaban J connectivity index is 1.86. The lowest BCUT2D eigenvalue weighted by atomic mass is 10.3. The van der Waals surface area contributed by atoms with E-state index in [2.05, 4.69) is 10.1 Å². The minimum absolute atomic E-state index is 0.103. The quantitative estimate of drug-likeness (QED) is 0.743. The van der Waals surface area contributed by atoms with E-state index in [1.807, 2.05) is 30.3 Å². The number of nitrogen functional groups attached to an aromatic ring is 1. The topological polar surface area (TPSA) is 66.0 Å². The summed E-state index contributed by atoms with van der Waals surface area (Å²) in [4.78, 5) is 4.01. The first-order valence-corrected chi connectivity index (χ1v) is 5.92. The van der Waals surface area contributed by atoms with E-state index in [0.29, 0.717) is 5.69 Å². The van der Waals surface area contributed by atoms with Gasteiger partial charge < -0.3 is 10.5 Å². The van der Waals surface area contributed by atoms with E-state index >= 15 is 0 Å². The van der Waals surface area contributed by atoms with Crippen LogP contribution < -0.4 is 10.5 Å². The molecule has 0 fully saturated rings. The van der Waals surface area contributed by atoms with Crippen molar-refractivity contribution in [1.29, 1.82) is 0 Å². The number of halogens is 1. The summed E-state index contributed by atoms with van der Waals surface area (Å²) in [6.07, 6.45) is 1.51. The number of nitrogens with zero attached hydrogens (tertiary/aromatic N) is 3. The Morgan fingerprint density at radius 3 is 2.70 bits per heavy atom. The molecule has 2 N–H and O–H groups in total. The van der Waals surface area contributed by atoms with Gasteiger partial charge in [0.05, 0.1) is 11.4 Å². The first kappa shape index (κ1) is 12.2. The zero-order chi connectivity index (χ0) is 13.9. The summed E-state index contributed by atoms with van der Waals surface area (Å²) in [6, 6.07) is 13.4. The fourth-order valence-electron chi connectivity index (χ4n) is 1.69. The van der Waals surface area contributed by atoms with E-state index < -0.39 is 5.82 Å². The van der Waals surface area contributed by atoms with Gasteiger partial charge in [-0.2, -0.15) is 4.98 Å². The van der Waals surface area contributed by atoms with Gasteiger partial charge in [0.15, 0.2) is 5.75 Å². The van der Waals surface area contributed by atoms with Crippen LogP contribution in [0.3, 0.4) is 0 Å². The molecule has 0 atom stereocenters. The first-order chi connectivity index (χ1) is 9.72. The molecule has 0 aliphatic rings. The average molecular weight is 270 g/mol. The number of para-hydroxylation sites is 1. The van der Waals surface area contributed by atoms with Crippen molar-refractivity contribution in [1.82, 2.24) is 14.8 Å². The van der Waals surface area contributed by atoms with Gasteiger partial charge in [-0.3, -0.25) is 0 Å². The van der Waals surface area contributed by atoms with Crippen LogP contribution in [0.4, 0.5) is 10.1 Å². The predicted molar refractivity (Wildman–Crippen MR) is 72.2 cm³/mol. The maximum Gasteiger partial charge on any atom is 0.341 e. The van der Waals surface area contributed by atoms with Crippen molar-refractivity contribution >= 4 is 5.69 Å². The number of hydrogen-bond acceptors (Lipinski definition) is 4. The van der Waals surface area contributed by atoms with Crippen molar-refractivity contribution in [2.45, 2.75) is 0 Å². The highest BCUT2D eigenvalue weighted by Crippen LogP contribution is 2.26. The second kappa shape index (κ2) is 5.00. The standard InChI is InChI=1S/C14H11FN4O/c15-10-6-7-12(16)13(8-10)20-14-17-9-19(18-14)11-4-2-1-3-5-11/h1-9H,16H2. The molecule has 2 aromatic carbocycles. The van der Waals surface area contributed by atoms with Crippen LogP contribution >= 0.6 is 0 Å². The highest BCUT2D eigenvalue weighted by atomic mass is 19.1. The Kier molecular flexibility index (Phi) is 3.04. The number of aromatic nitrogens is 3. The SMILES string of the molecule is Nc1ccc(F)cc1Oc1ncn(-c2ccccc2)n1. The van der Waals surface area contributed by atoms with Gasteiger partial charge in [0, 0.05) is 6.07 Å². The molecule has 3 rings (SSSR count). The molecule has 0 saturated heterocycles. The lowest BCUT2D eigenvalue weighted by Crippen LogP contribution is -1.96. The van der Waals surface area contributed by atoms with Gasteiger partial charge in [0.25, 0.3) is 0 Å². The van der Waals surface area contributed by atoms with Gasteiger partial charge in [-0.05, 0) is 24.3 Å². The van der Waals surface area contributed by atoms with Crippen LogP contribution in [0.1, 0.15) is 0 Å².